The van der Waals surface area contributed by atoms with Crippen LogP contribution in [0.4, 0.5) is 4.79 Å². The van der Waals surface area contributed by atoms with Gasteiger partial charge in [-0.2, -0.15) is 0 Å². The molecule has 1 aromatic heterocycles. The predicted octanol–water partition coefficient (Wildman–Crippen LogP) is 8.68. The Balaban J connectivity index is 1.46. The van der Waals surface area contributed by atoms with E-state index in [0.29, 0.717) is 11.3 Å². The van der Waals surface area contributed by atoms with Gasteiger partial charge in [-0.25, -0.2) is 9.69 Å². The van der Waals surface area contributed by atoms with Gasteiger partial charge in [0.2, 0.25) is 0 Å². The Hall–Kier alpha value is -4.09. The number of benzene rings is 3. The number of aryl methyl sites for hydroxylation is 1. The summed E-state index contributed by atoms with van der Waals surface area (Å²) in [5.74, 6) is -0.355. The van der Waals surface area contributed by atoms with Gasteiger partial charge in [-0.15, -0.1) is 0 Å². The quantitative estimate of drug-likeness (QED) is 0.156. The lowest BCUT2D eigenvalue weighted by molar-refractivity contribution is -0.175. The van der Waals surface area contributed by atoms with Gasteiger partial charge < -0.3 is 23.5 Å². The highest BCUT2D eigenvalue weighted by Gasteiger charge is 2.57. The molecule has 260 valence electrons. The largest absolute Gasteiger partial charge is 0.440 e. The zero-order chi connectivity index (χ0) is 35.8. The number of carbonyl (C=O) groups excluding carboxylic acids is 2. The van der Waals surface area contributed by atoms with Gasteiger partial charge in [0, 0.05) is 6.07 Å². The molecule has 2 amide bonds. The lowest BCUT2D eigenvalue weighted by Crippen LogP contribution is -2.54. The number of hydrogen-bond acceptors (Lipinski definition) is 8. The third-order valence-electron chi connectivity index (χ3n) is 9.86. The van der Waals surface area contributed by atoms with Crippen molar-refractivity contribution in [3.63, 3.8) is 0 Å². The van der Waals surface area contributed by atoms with Crippen molar-refractivity contribution in [2.24, 2.45) is 0 Å². The molecule has 1 aliphatic rings. The van der Waals surface area contributed by atoms with Gasteiger partial charge in [0.25, 0.3) is 5.91 Å². The van der Waals surface area contributed by atoms with Crippen LogP contribution in [0.2, 0.25) is 18.1 Å². The third-order valence-corrected chi connectivity index (χ3v) is 14.3. The van der Waals surface area contributed by atoms with Crippen LogP contribution in [-0.2, 0) is 31.9 Å². The van der Waals surface area contributed by atoms with Crippen LogP contribution in [0.15, 0.2) is 89.5 Å². The second-order valence-corrected chi connectivity index (χ2v) is 19.9. The highest BCUT2D eigenvalue weighted by molar-refractivity contribution is 6.74. The molecule has 0 bridgehead atoms. The van der Waals surface area contributed by atoms with Crippen LogP contribution in [0.25, 0.3) is 11.1 Å². The average Bonchev–Trinajstić information content (AvgIpc) is 3.63. The van der Waals surface area contributed by atoms with E-state index >= 15 is 0 Å². The number of aliphatic hydroxyl groups excluding tert-OH is 1. The minimum absolute atomic E-state index is 0.0139. The van der Waals surface area contributed by atoms with Crippen molar-refractivity contribution in [2.45, 2.75) is 103 Å². The van der Waals surface area contributed by atoms with Gasteiger partial charge in [-0.1, -0.05) is 110 Å². The molecule has 1 saturated heterocycles. The molecule has 3 aromatic carbocycles. The third kappa shape index (κ3) is 7.57. The van der Waals surface area contributed by atoms with Crippen LogP contribution in [0.1, 0.15) is 81.8 Å². The van der Waals surface area contributed by atoms with Gasteiger partial charge >= 0.3 is 6.09 Å². The minimum Gasteiger partial charge on any atom is -0.440 e. The molecule has 0 spiro atoms. The van der Waals surface area contributed by atoms with Crippen LogP contribution >= 0.6 is 0 Å². The molecule has 0 radical (unpaired) electrons. The summed E-state index contributed by atoms with van der Waals surface area (Å²) < 4.78 is 24.0. The van der Waals surface area contributed by atoms with E-state index in [1.54, 1.807) is 19.9 Å². The van der Waals surface area contributed by atoms with Gasteiger partial charge in [-0.05, 0) is 68.1 Å². The number of aromatic nitrogens is 1. The number of imide groups is 1. The number of nitrogens with zero attached hydrogens (tertiary/aromatic N) is 2. The van der Waals surface area contributed by atoms with Gasteiger partial charge in [0.1, 0.15) is 23.4 Å². The normalized spacial score (nSPS) is 18.2. The van der Waals surface area contributed by atoms with Crippen molar-refractivity contribution in [3.05, 3.63) is 113 Å². The molecule has 5 rings (SSSR count). The molecule has 10 heteroatoms. The van der Waals surface area contributed by atoms with Crippen LogP contribution in [-0.4, -0.2) is 46.7 Å². The second kappa shape index (κ2) is 13.7. The number of hydrogen-bond donors (Lipinski definition) is 1. The molecular formula is C39H48N2O7Si. The first kappa shape index (κ1) is 36.2. The molecule has 3 atom stereocenters. The summed E-state index contributed by atoms with van der Waals surface area (Å²) in [6.45, 7) is 17.9. The Morgan fingerprint density at radius 3 is 2.14 bits per heavy atom. The maximum Gasteiger partial charge on any atom is 0.417 e. The van der Waals surface area contributed by atoms with E-state index < -0.39 is 43.7 Å². The van der Waals surface area contributed by atoms with Crippen molar-refractivity contribution >= 4 is 20.3 Å². The van der Waals surface area contributed by atoms with Gasteiger partial charge in [-0.3, -0.25) is 4.79 Å². The zero-order valence-electron chi connectivity index (χ0n) is 29.9. The highest BCUT2D eigenvalue weighted by atomic mass is 28.4. The Morgan fingerprint density at radius 1 is 0.959 bits per heavy atom. The zero-order valence-corrected chi connectivity index (χ0v) is 30.9. The molecule has 1 fully saturated rings. The average molecular weight is 685 g/mol. The van der Waals surface area contributed by atoms with E-state index in [-0.39, 0.29) is 23.9 Å². The van der Waals surface area contributed by atoms with E-state index in [1.165, 1.54) is 12.5 Å². The molecule has 4 aromatic rings. The van der Waals surface area contributed by atoms with Crippen LogP contribution in [0.3, 0.4) is 0 Å². The maximum absolute atomic E-state index is 14.7. The second-order valence-electron chi connectivity index (χ2n) is 15.1. The number of aliphatic hydroxyl groups is 1. The standard InChI is InChI=1S/C39H48N2O7Si/c1-26-15-19-28(20-16-26)29-21-17-27(18-22-29)24-45-39(7,34(42)32-23-31(48-40-32)25-46-49(8,9)37(2,3)4)35(43)41-33(30-13-11-10-12-14-30)38(5,6)47-36(41)44/h10-23,33-34,42H,24-25H2,1-9H3/t33-,34-,39-/m0/s1. The van der Waals surface area contributed by atoms with E-state index in [4.69, 9.17) is 18.4 Å². The van der Waals surface area contributed by atoms with E-state index in [2.05, 4.69) is 63.3 Å². The Bertz CT molecular complexity index is 1760. The number of cyclic esters (lactones) is 1. The summed E-state index contributed by atoms with van der Waals surface area (Å²) in [7, 11) is -2.11. The summed E-state index contributed by atoms with van der Waals surface area (Å²) >= 11 is 0. The summed E-state index contributed by atoms with van der Waals surface area (Å²) in [5.41, 5.74) is 1.84. The molecule has 49 heavy (non-hydrogen) atoms. The fourth-order valence-electron chi connectivity index (χ4n) is 5.68. The topological polar surface area (TPSA) is 111 Å². The van der Waals surface area contributed by atoms with Crippen molar-refractivity contribution < 1.29 is 33.1 Å². The number of carbonyl (C=O) groups is 2. The SMILES string of the molecule is Cc1ccc(-c2ccc(CO[C@](C)(C(=O)N3C(=O)OC(C)(C)[C@@H]3c3ccccc3)[C@@H](O)c3cc(CO[Si](C)(C)C(C)(C)C)on3)cc2)cc1. The van der Waals surface area contributed by atoms with Gasteiger partial charge in [0.05, 0.1) is 13.2 Å². The van der Waals surface area contributed by atoms with Crippen molar-refractivity contribution in [1.29, 1.82) is 0 Å². The van der Waals surface area contributed by atoms with Crippen molar-refractivity contribution in [2.75, 3.05) is 0 Å². The molecule has 9 nitrogen and oxygen atoms in total. The number of rotatable bonds is 11. The molecule has 0 saturated carbocycles. The molecule has 1 aliphatic heterocycles. The monoisotopic (exact) mass is 684 g/mol. The Labute approximate surface area is 290 Å². The summed E-state index contributed by atoms with van der Waals surface area (Å²) in [6.07, 6.45) is -2.43. The Morgan fingerprint density at radius 2 is 1.55 bits per heavy atom. The molecule has 0 unspecified atom stereocenters. The van der Waals surface area contributed by atoms with E-state index in [9.17, 15) is 14.7 Å². The van der Waals surface area contributed by atoms with Crippen LogP contribution < -0.4 is 0 Å². The first-order valence-corrected chi connectivity index (χ1v) is 19.5. The summed E-state index contributed by atoms with van der Waals surface area (Å²) in [6, 6.07) is 26.1. The van der Waals surface area contributed by atoms with Crippen LogP contribution in [0, 0.1) is 6.92 Å². The summed E-state index contributed by atoms with van der Waals surface area (Å²) in [5, 5.41) is 16.0. The number of amides is 2. The molecule has 1 N–H and O–H groups in total. The molecular weight excluding hydrogens is 637 g/mol. The van der Waals surface area contributed by atoms with E-state index in [0.717, 1.165) is 21.6 Å². The fraction of sp³-hybridized carbons (Fsp3) is 0.410. The smallest absolute Gasteiger partial charge is 0.417 e. The maximum atomic E-state index is 14.7. The lowest BCUT2D eigenvalue weighted by atomic mass is 9.88. The van der Waals surface area contributed by atoms with Crippen molar-refractivity contribution in [3.8, 4) is 11.1 Å². The molecule has 0 aliphatic carbocycles. The Kier molecular flexibility index (Phi) is 10.1. The highest BCUT2D eigenvalue weighted by Crippen LogP contribution is 2.44. The van der Waals surface area contributed by atoms with Gasteiger partial charge in [0.15, 0.2) is 19.7 Å². The first-order valence-electron chi connectivity index (χ1n) is 16.6. The first-order chi connectivity index (χ1) is 22.9. The van der Waals surface area contributed by atoms with Crippen molar-refractivity contribution in [1.82, 2.24) is 10.1 Å². The molecule has 2 heterocycles. The lowest BCUT2D eigenvalue weighted by Gasteiger charge is -2.37. The minimum atomic E-state index is -2.11. The summed E-state index contributed by atoms with van der Waals surface area (Å²) in [4.78, 5) is 29.2. The number of ether oxygens (including phenoxy) is 2. The predicted molar refractivity (Wildman–Crippen MR) is 190 cm³/mol. The fourth-order valence-corrected chi connectivity index (χ4v) is 6.61. The van der Waals surface area contributed by atoms with Crippen LogP contribution in [0.5, 0.6) is 0 Å². The van der Waals surface area contributed by atoms with E-state index in [1.807, 2.05) is 61.5 Å².